The molecule has 1 fully saturated rings. The van der Waals surface area contributed by atoms with E-state index in [4.69, 9.17) is 9.15 Å². The van der Waals surface area contributed by atoms with Crippen molar-refractivity contribution in [1.29, 1.82) is 0 Å². The van der Waals surface area contributed by atoms with Crippen LogP contribution in [-0.2, 0) is 11.3 Å². The van der Waals surface area contributed by atoms with Gasteiger partial charge in [-0.3, -0.25) is 4.90 Å². The zero-order valence-corrected chi connectivity index (χ0v) is 15.2. The van der Waals surface area contributed by atoms with E-state index in [-0.39, 0.29) is 5.97 Å². The number of anilines is 1. The third kappa shape index (κ3) is 3.87. The van der Waals surface area contributed by atoms with Crippen molar-refractivity contribution in [2.24, 2.45) is 0 Å². The summed E-state index contributed by atoms with van der Waals surface area (Å²) in [5.41, 5.74) is 4.55. The Morgan fingerprint density at radius 1 is 1.16 bits per heavy atom. The molecular formula is C20H26N2O3. The Labute approximate surface area is 149 Å². The lowest BCUT2D eigenvalue weighted by atomic mass is 10.1. The number of esters is 1. The molecule has 5 nitrogen and oxygen atoms in total. The van der Waals surface area contributed by atoms with Crippen molar-refractivity contribution in [3.63, 3.8) is 0 Å². The summed E-state index contributed by atoms with van der Waals surface area (Å²) in [5, 5.41) is 0. The maximum atomic E-state index is 12.0. The van der Waals surface area contributed by atoms with Gasteiger partial charge in [-0.15, -0.1) is 0 Å². The maximum absolute atomic E-state index is 12.0. The zero-order chi connectivity index (χ0) is 17.8. The van der Waals surface area contributed by atoms with Crippen LogP contribution in [0.3, 0.4) is 0 Å². The van der Waals surface area contributed by atoms with Gasteiger partial charge in [-0.25, -0.2) is 4.79 Å². The number of furan rings is 1. The SMILES string of the molecule is CCOC(=O)c1ccoc1CN1CCN(c2cccc(C)c2C)CC1. The second kappa shape index (κ2) is 7.74. The quantitative estimate of drug-likeness (QED) is 0.780. The van der Waals surface area contributed by atoms with E-state index < -0.39 is 0 Å². The average Bonchev–Trinajstić information content (AvgIpc) is 3.07. The van der Waals surface area contributed by atoms with Gasteiger partial charge in [-0.2, -0.15) is 0 Å². The van der Waals surface area contributed by atoms with Gasteiger partial charge >= 0.3 is 5.97 Å². The summed E-state index contributed by atoms with van der Waals surface area (Å²) in [4.78, 5) is 16.7. The van der Waals surface area contributed by atoms with E-state index in [2.05, 4.69) is 41.8 Å². The monoisotopic (exact) mass is 342 g/mol. The second-order valence-electron chi connectivity index (χ2n) is 6.46. The summed E-state index contributed by atoms with van der Waals surface area (Å²) in [6.45, 7) is 11.0. The van der Waals surface area contributed by atoms with Gasteiger partial charge in [0.05, 0.1) is 19.4 Å². The number of ether oxygens (including phenoxy) is 1. The number of carbonyl (C=O) groups excluding carboxylic acids is 1. The molecule has 0 bridgehead atoms. The highest BCUT2D eigenvalue weighted by molar-refractivity contribution is 5.90. The highest BCUT2D eigenvalue weighted by Gasteiger charge is 2.22. The number of carbonyl (C=O) groups is 1. The largest absolute Gasteiger partial charge is 0.467 e. The fourth-order valence-electron chi connectivity index (χ4n) is 3.28. The molecule has 1 saturated heterocycles. The molecule has 0 radical (unpaired) electrons. The van der Waals surface area contributed by atoms with Gasteiger partial charge in [0.15, 0.2) is 0 Å². The fraction of sp³-hybridized carbons (Fsp3) is 0.450. The molecule has 5 heteroatoms. The molecule has 2 heterocycles. The van der Waals surface area contributed by atoms with Crippen molar-refractivity contribution >= 4 is 11.7 Å². The van der Waals surface area contributed by atoms with E-state index in [1.807, 2.05) is 6.92 Å². The predicted molar refractivity (Wildman–Crippen MR) is 98.1 cm³/mol. The van der Waals surface area contributed by atoms with Gasteiger partial charge < -0.3 is 14.1 Å². The van der Waals surface area contributed by atoms with Crippen LogP contribution in [0.25, 0.3) is 0 Å². The third-order valence-electron chi connectivity index (χ3n) is 4.90. The predicted octanol–water partition coefficient (Wildman–Crippen LogP) is 3.40. The van der Waals surface area contributed by atoms with E-state index >= 15 is 0 Å². The van der Waals surface area contributed by atoms with E-state index in [0.717, 1.165) is 26.2 Å². The molecule has 0 amide bonds. The van der Waals surface area contributed by atoms with Crippen molar-refractivity contribution in [1.82, 2.24) is 4.90 Å². The second-order valence-corrected chi connectivity index (χ2v) is 6.46. The molecule has 0 aliphatic carbocycles. The Hall–Kier alpha value is -2.27. The number of piperazine rings is 1. The molecule has 0 N–H and O–H groups in total. The van der Waals surface area contributed by atoms with E-state index in [1.54, 1.807) is 12.3 Å². The molecule has 0 spiro atoms. The van der Waals surface area contributed by atoms with Crippen LogP contribution < -0.4 is 4.90 Å². The summed E-state index contributed by atoms with van der Waals surface area (Å²) in [6.07, 6.45) is 1.56. The Morgan fingerprint density at radius 3 is 2.64 bits per heavy atom. The van der Waals surface area contributed by atoms with Crippen molar-refractivity contribution in [3.8, 4) is 0 Å². The molecule has 134 valence electrons. The Balaban J connectivity index is 1.61. The lowest BCUT2D eigenvalue weighted by Crippen LogP contribution is -2.46. The molecular weight excluding hydrogens is 316 g/mol. The zero-order valence-electron chi connectivity index (χ0n) is 15.2. The lowest BCUT2D eigenvalue weighted by Gasteiger charge is -2.36. The first-order valence-corrected chi connectivity index (χ1v) is 8.87. The summed E-state index contributed by atoms with van der Waals surface area (Å²) in [7, 11) is 0. The minimum Gasteiger partial charge on any atom is -0.467 e. The van der Waals surface area contributed by atoms with Crippen LogP contribution in [0.15, 0.2) is 34.9 Å². The molecule has 0 atom stereocenters. The number of aryl methyl sites for hydroxylation is 1. The number of nitrogens with zero attached hydrogens (tertiary/aromatic N) is 2. The normalized spacial score (nSPS) is 15.4. The van der Waals surface area contributed by atoms with Crippen LogP contribution in [0.2, 0.25) is 0 Å². The smallest absolute Gasteiger partial charge is 0.341 e. The van der Waals surface area contributed by atoms with Gasteiger partial charge in [0.2, 0.25) is 0 Å². The summed E-state index contributed by atoms with van der Waals surface area (Å²) >= 11 is 0. The van der Waals surface area contributed by atoms with Crippen molar-refractivity contribution < 1.29 is 13.9 Å². The van der Waals surface area contributed by atoms with E-state index in [1.165, 1.54) is 16.8 Å². The maximum Gasteiger partial charge on any atom is 0.341 e. The van der Waals surface area contributed by atoms with Crippen LogP contribution in [0.5, 0.6) is 0 Å². The Morgan fingerprint density at radius 2 is 1.92 bits per heavy atom. The molecule has 3 rings (SSSR count). The fourth-order valence-corrected chi connectivity index (χ4v) is 3.28. The third-order valence-corrected chi connectivity index (χ3v) is 4.90. The standard InChI is InChI=1S/C20H26N2O3/c1-4-24-20(23)17-8-13-25-19(17)14-21-9-11-22(12-10-21)18-7-5-6-15(2)16(18)3/h5-8,13H,4,9-12,14H2,1-3H3. The van der Waals surface area contributed by atoms with Crippen LogP contribution >= 0.6 is 0 Å². The topological polar surface area (TPSA) is 45.9 Å². The summed E-state index contributed by atoms with van der Waals surface area (Å²) in [5.74, 6) is 0.388. The van der Waals surface area contributed by atoms with Gasteiger partial charge in [0.25, 0.3) is 0 Å². The molecule has 1 aliphatic heterocycles. The number of hydrogen-bond donors (Lipinski definition) is 0. The molecule has 1 aromatic carbocycles. The lowest BCUT2D eigenvalue weighted by molar-refractivity contribution is 0.0522. The number of benzene rings is 1. The van der Waals surface area contributed by atoms with Crippen molar-refractivity contribution in [2.75, 3.05) is 37.7 Å². The first-order chi connectivity index (χ1) is 12.1. The van der Waals surface area contributed by atoms with Gasteiger partial charge in [-0.05, 0) is 44.0 Å². The highest BCUT2D eigenvalue weighted by atomic mass is 16.5. The van der Waals surface area contributed by atoms with E-state index in [0.29, 0.717) is 24.5 Å². The van der Waals surface area contributed by atoms with Crippen LogP contribution in [0.1, 0.15) is 34.2 Å². The summed E-state index contributed by atoms with van der Waals surface area (Å²) in [6, 6.07) is 8.17. The first kappa shape index (κ1) is 17.5. The molecule has 0 saturated carbocycles. The Kier molecular flexibility index (Phi) is 5.43. The van der Waals surface area contributed by atoms with Crippen molar-refractivity contribution in [3.05, 3.63) is 53.0 Å². The number of rotatable bonds is 5. The minimum atomic E-state index is -0.305. The van der Waals surface area contributed by atoms with Gasteiger partial charge in [0, 0.05) is 31.9 Å². The van der Waals surface area contributed by atoms with Crippen molar-refractivity contribution in [2.45, 2.75) is 27.3 Å². The van der Waals surface area contributed by atoms with Crippen LogP contribution in [0.4, 0.5) is 5.69 Å². The molecule has 25 heavy (non-hydrogen) atoms. The highest BCUT2D eigenvalue weighted by Crippen LogP contribution is 2.24. The average molecular weight is 342 g/mol. The molecule has 1 aromatic heterocycles. The van der Waals surface area contributed by atoms with Gasteiger partial charge in [-0.1, -0.05) is 12.1 Å². The summed E-state index contributed by atoms with van der Waals surface area (Å²) < 4.78 is 10.6. The Bertz CT molecular complexity index is 730. The van der Waals surface area contributed by atoms with E-state index in [9.17, 15) is 4.79 Å². The molecule has 1 aliphatic rings. The van der Waals surface area contributed by atoms with Crippen LogP contribution in [0, 0.1) is 13.8 Å². The van der Waals surface area contributed by atoms with Gasteiger partial charge in [0.1, 0.15) is 11.3 Å². The molecule has 0 unspecified atom stereocenters. The first-order valence-electron chi connectivity index (χ1n) is 8.87. The minimum absolute atomic E-state index is 0.305. The number of hydrogen-bond acceptors (Lipinski definition) is 5. The molecule has 2 aromatic rings. The van der Waals surface area contributed by atoms with Crippen LogP contribution in [-0.4, -0.2) is 43.7 Å².